The van der Waals surface area contributed by atoms with Gasteiger partial charge in [0.25, 0.3) is 0 Å². The van der Waals surface area contributed by atoms with Gasteiger partial charge in [-0.05, 0) is 31.9 Å². The molecule has 0 bridgehead atoms. The van der Waals surface area contributed by atoms with Gasteiger partial charge in [-0.2, -0.15) is 11.8 Å². The Labute approximate surface area is 220 Å². The van der Waals surface area contributed by atoms with Crippen LogP contribution in [-0.4, -0.2) is 52.0 Å². The van der Waals surface area contributed by atoms with E-state index in [2.05, 4.69) is 20.8 Å². The lowest BCUT2D eigenvalue weighted by Gasteiger charge is -2.24. The number of aliphatic hydroxyl groups is 1. The fraction of sp³-hybridized carbons (Fsp3) is 0.963. The third-order valence-corrected chi connectivity index (χ3v) is 8.56. The SMILES string of the molecule is CCCCCCCCCCCCSC(CCCCCCC)C(C)OCCCOC(O)([PH+]=O)C(=O)O. The number of carboxylic acids is 1. The molecule has 0 heterocycles. The molecule has 0 aliphatic heterocycles. The van der Waals surface area contributed by atoms with Crippen LogP contribution < -0.4 is 0 Å². The summed E-state index contributed by atoms with van der Waals surface area (Å²) in [6.07, 6.45) is 21.6. The van der Waals surface area contributed by atoms with E-state index in [1.54, 1.807) is 0 Å². The topological polar surface area (TPSA) is 93.1 Å². The van der Waals surface area contributed by atoms with Gasteiger partial charge in [0.15, 0.2) is 0 Å². The Balaban J connectivity index is 4.17. The lowest BCUT2D eigenvalue weighted by atomic mass is 10.1. The van der Waals surface area contributed by atoms with Gasteiger partial charge >= 0.3 is 20.0 Å². The molecule has 4 atom stereocenters. The zero-order valence-electron chi connectivity index (χ0n) is 22.7. The van der Waals surface area contributed by atoms with Crippen molar-refractivity contribution in [1.82, 2.24) is 0 Å². The summed E-state index contributed by atoms with van der Waals surface area (Å²) >= 11 is 2.03. The Morgan fingerprint density at radius 3 is 1.86 bits per heavy atom. The van der Waals surface area contributed by atoms with Crippen LogP contribution in [0, 0.1) is 0 Å². The lowest BCUT2D eigenvalue weighted by molar-refractivity contribution is -0.190. The Bertz CT molecular complexity index is 510. The predicted molar refractivity (Wildman–Crippen MR) is 149 cm³/mol. The largest absolute Gasteiger partial charge is 0.474 e. The van der Waals surface area contributed by atoms with E-state index in [1.807, 2.05) is 11.8 Å². The number of carbonyl (C=O) groups is 1. The predicted octanol–water partition coefficient (Wildman–Crippen LogP) is 7.94. The van der Waals surface area contributed by atoms with E-state index in [-0.39, 0.29) is 12.7 Å². The second-order valence-corrected chi connectivity index (χ2v) is 11.9. The first-order chi connectivity index (χ1) is 16.9. The van der Waals surface area contributed by atoms with Crippen molar-refractivity contribution in [3.63, 3.8) is 0 Å². The van der Waals surface area contributed by atoms with Crippen LogP contribution in [0.25, 0.3) is 0 Å². The molecule has 0 aliphatic carbocycles. The molecule has 0 spiro atoms. The highest BCUT2D eigenvalue weighted by Gasteiger charge is 2.47. The molecule has 2 N–H and O–H groups in total. The third kappa shape index (κ3) is 19.6. The van der Waals surface area contributed by atoms with Crippen molar-refractivity contribution in [2.75, 3.05) is 19.0 Å². The molecule has 4 unspecified atom stereocenters. The number of ether oxygens (including phenoxy) is 2. The minimum Gasteiger partial charge on any atom is -0.474 e. The molecule has 0 aromatic carbocycles. The molecule has 208 valence electrons. The average molecular weight is 538 g/mol. The van der Waals surface area contributed by atoms with Crippen molar-refractivity contribution in [3.8, 4) is 0 Å². The Morgan fingerprint density at radius 2 is 1.34 bits per heavy atom. The van der Waals surface area contributed by atoms with Gasteiger partial charge < -0.3 is 19.7 Å². The summed E-state index contributed by atoms with van der Waals surface area (Å²) in [6, 6.07) is 0. The number of thioether (sulfide) groups is 1. The number of aliphatic carboxylic acids is 1. The molecule has 0 aromatic rings. The van der Waals surface area contributed by atoms with Gasteiger partial charge in [-0.25, -0.2) is 4.79 Å². The van der Waals surface area contributed by atoms with E-state index in [4.69, 9.17) is 14.6 Å². The minimum absolute atomic E-state index is 0.0157. The molecule has 0 radical (unpaired) electrons. The Kier molecular flexibility index (Phi) is 24.0. The lowest BCUT2D eigenvalue weighted by Crippen LogP contribution is -2.36. The number of rotatable bonds is 27. The molecule has 0 saturated heterocycles. The minimum atomic E-state index is -2.61. The maximum absolute atomic E-state index is 10.9. The second-order valence-electron chi connectivity index (χ2n) is 9.62. The highest BCUT2D eigenvalue weighted by atomic mass is 32.2. The third-order valence-electron chi connectivity index (χ3n) is 6.35. The summed E-state index contributed by atoms with van der Waals surface area (Å²) in [7, 11) is -1.48. The fourth-order valence-electron chi connectivity index (χ4n) is 4.02. The summed E-state index contributed by atoms with van der Waals surface area (Å²) in [5.74, 6) is -0.463. The molecule has 0 amide bonds. The highest BCUT2D eigenvalue weighted by Crippen LogP contribution is 2.26. The Hall–Kier alpha value is -0.200. The fourth-order valence-corrected chi connectivity index (χ4v) is 5.62. The maximum atomic E-state index is 10.9. The summed E-state index contributed by atoms with van der Waals surface area (Å²) in [5.41, 5.74) is -2.61. The van der Waals surface area contributed by atoms with E-state index in [1.165, 1.54) is 102 Å². The molecular weight excluding hydrogens is 483 g/mol. The first-order valence-electron chi connectivity index (χ1n) is 14.1. The zero-order chi connectivity index (χ0) is 26.2. The van der Waals surface area contributed by atoms with Gasteiger partial charge in [-0.1, -0.05) is 108 Å². The van der Waals surface area contributed by atoms with Crippen molar-refractivity contribution in [2.24, 2.45) is 0 Å². The average Bonchev–Trinajstić information content (AvgIpc) is 2.85. The quantitative estimate of drug-likeness (QED) is 0.0624. The summed E-state index contributed by atoms with van der Waals surface area (Å²) in [6.45, 7) is 7.03. The smallest absolute Gasteiger partial charge is 0.470 e. The van der Waals surface area contributed by atoms with Crippen LogP contribution in [0.4, 0.5) is 0 Å². The van der Waals surface area contributed by atoms with Gasteiger partial charge in [0.2, 0.25) is 0 Å². The van der Waals surface area contributed by atoms with Gasteiger partial charge in [-0.15, -0.1) is 0 Å². The van der Waals surface area contributed by atoms with Crippen molar-refractivity contribution >= 4 is 26.2 Å². The normalized spacial score (nSPS) is 15.2. The second kappa shape index (κ2) is 24.2. The molecule has 6 nitrogen and oxygen atoms in total. The van der Waals surface area contributed by atoms with Crippen LogP contribution in [0.3, 0.4) is 0 Å². The highest BCUT2D eigenvalue weighted by molar-refractivity contribution is 7.99. The van der Waals surface area contributed by atoms with Gasteiger partial charge in [0.05, 0.1) is 12.7 Å². The number of hydrogen-bond acceptors (Lipinski definition) is 6. The number of carboxylic acid groups (broad SMARTS) is 1. The number of hydrogen-bond donors (Lipinski definition) is 2. The summed E-state index contributed by atoms with van der Waals surface area (Å²) in [4.78, 5) is 10.9. The molecule has 35 heavy (non-hydrogen) atoms. The molecule has 8 heteroatoms. The van der Waals surface area contributed by atoms with Crippen molar-refractivity contribution in [3.05, 3.63) is 0 Å². The van der Waals surface area contributed by atoms with Crippen molar-refractivity contribution < 1.29 is 29.0 Å². The number of unbranched alkanes of at least 4 members (excludes halogenated alkanes) is 13. The van der Waals surface area contributed by atoms with Crippen LogP contribution in [0.5, 0.6) is 0 Å². The van der Waals surface area contributed by atoms with Gasteiger partial charge in [-0.3, -0.25) is 0 Å². The molecule has 0 saturated carbocycles. The standard InChI is InChI=1S/C27H53O6PS/c1-4-6-8-10-11-12-13-14-16-18-23-35-25(20-17-15-9-7-5-2)24(3)32-21-19-22-33-27(30,34-31)26(28)29/h24-25,30H,4-23H2,1-3H3,(H,28,29)/p+1. The summed E-state index contributed by atoms with van der Waals surface area (Å²) < 4.78 is 21.8. The molecule has 0 aliphatic rings. The first-order valence-corrected chi connectivity index (χ1v) is 16.1. The molecule has 0 fully saturated rings. The molecule has 0 aromatic heterocycles. The monoisotopic (exact) mass is 537 g/mol. The van der Waals surface area contributed by atoms with Crippen molar-refractivity contribution in [2.45, 2.75) is 147 Å². The zero-order valence-corrected chi connectivity index (χ0v) is 24.5. The van der Waals surface area contributed by atoms with Crippen LogP contribution in [0.15, 0.2) is 0 Å². The van der Waals surface area contributed by atoms with Crippen LogP contribution in [0.2, 0.25) is 0 Å². The van der Waals surface area contributed by atoms with E-state index >= 15 is 0 Å². The van der Waals surface area contributed by atoms with Crippen LogP contribution >= 0.6 is 20.2 Å². The molecule has 0 rings (SSSR count). The van der Waals surface area contributed by atoms with E-state index < -0.39 is 20.0 Å². The van der Waals surface area contributed by atoms with Crippen molar-refractivity contribution in [1.29, 1.82) is 0 Å². The van der Waals surface area contributed by atoms with E-state index in [0.717, 1.165) is 6.42 Å². The Morgan fingerprint density at radius 1 is 0.829 bits per heavy atom. The van der Waals surface area contributed by atoms with Crippen LogP contribution in [0.1, 0.15) is 130 Å². The maximum Gasteiger partial charge on any atom is 0.470 e. The molecular formula is C27H54O6PS+. The first kappa shape index (κ1) is 34.8. The van der Waals surface area contributed by atoms with Gasteiger partial charge in [0.1, 0.15) is 0 Å². The van der Waals surface area contributed by atoms with E-state index in [0.29, 0.717) is 18.3 Å². The summed E-state index contributed by atoms with van der Waals surface area (Å²) in [5, 5.41) is 19.0. The van der Waals surface area contributed by atoms with Crippen LogP contribution in [-0.2, 0) is 18.8 Å². The van der Waals surface area contributed by atoms with E-state index in [9.17, 15) is 14.5 Å². The van der Waals surface area contributed by atoms with Gasteiger partial charge in [0, 0.05) is 11.9 Å².